The first-order valence-electron chi connectivity index (χ1n) is 10.4. The Bertz CT molecular complexity index is 797. The lowest BCUT2D eigenvalue weighted by molar-refractivity contribution is 0.222. The second-order valence-electron chi connectivity index (χ2n) is 7.75. The number of aromatic nitrogens is 1. The van der Waals surface area contributed by atoms with Crippen molar-refractivity contribution in [3.05, 3.63) is 53.7 Å². The van der Waals surface area contributed by atoms with Crippen molar-refractivity contribution in [1.29, 1.82) is 0 Å². The van der Waals surface area contributed by atoms with Crippen molar-refractivity contribution in [2.24, 2.45) is 4.99 Å². The Hall–Kier alpha value is -2.76. The van der Waals surface area contributed by atoms with Crippen LogP contribution in [0.4, 0.5) is 5.82 Å². The molecule has 6 nitrogen and oxygen atoms in total. The zero-order chi connectivity index (χ0) is 20.6. The molecule has 0 radical (unpaired) electrons. The SMILES string of the molecule is CN=C(NCC(C)Oc1ccccc1C)NC1CCN(c2ccc(C)cn2)CC1. The van der Waals surface area contributed by atoms with Gasteiger partial charge in [0.05, 0.1) is 6.54 Å². The van der Waals surface area contributed by atoms with E-state index < -0.39 is 0 Å². The molecule has 0 saturated carbocycles. The molecule has 2 heterocycles. The van der Waals surface area contributed by atoms with Crippen LogP contribution in [0.1, 0.15) is 30.9 Å². The van der Waals surface area contributed by atoms with Crippen LogP contribution in [0.5, 0.6) is 5.75 Å². The van der Waals surface area contributed by atoms with Crippen molar-refractivity contribution in [3.8, 4) is 5.75 Å². The molecule has 1 unspecified atom stereocenters. The number of nitrogens with one attached hydrogen (secondary N) is 2. The molecule has 1 fully saturated rings. The molecule has 2 aromatic rings. The van der Waals surface area contributed by atoms with E-state index in [-0.39, 0.29) is 6.10 Å². The van der Waals surface area contributed by atoms with Crippen LogP contribution in [0.2, 0.25) is 0 Å². The average molecular weight is 396 g/mol. The van der Waals surface area contributed by atoms with Crippen molar-refractivity contribution in [3.63, 3.8) is 0 Å². The molecule has 1 atom stereocenters. The first-order valence-corrected chi connectivity index (χ1v) is 10.4. The number of hydrogen-bond donors (Lipinski definition) is 2. The van der Waals surface area contributed by atoms with Gasteiger partial charge >= 0.3 is 0 Å². The van der Waals surface area contributed by atoms with Gasteiger partial charge in [-0.05, 0) is 56.9 Å². The molecular weight excluding hydrogens is 362 g/mol. The molecule has 1 aliphatic rings. The number of aryl methyl sites for hydroxylation is 2. The number of ether oxygens (including phenoxy) is 1. The molecular formula is C23H33N5O. The number of piperidine rings is 1. The summed E-state index contributed by atoms with van der Waals surface area (Å²) in [6.07, 6.45) is 4.10. The highest BCUT2D eigenvalue weighted by molar-refractivity contribution is 5.80. The third-order valence-electron chi connectivity index (χ3n) is 5.26. The molecule has 0 aliphatic carbocycles. The van der Waals surface area contributed by atoms with Crippen molar-refractivity contribution in [1.82, 2.24) is 15.6 Å². The lowest BCUT2D eigenvalue weighted by Gasteiger charge is -2.34. The van der Waals surface area contributed by atoms with Crippen molar-refractivity contribution in [2.45, 2.75) is 45.8 Å². The zero-order valence-corrected chi connectivity index (χ0v) is 18.0. The number of aliphatic imine (C=N–C) groups is 1. The Morgan fingerprint density at radius 3 is 2.62 bits per heavy atom. The molecule has 1 aromatic carbocycles. The average Bonchev–Trinajstić information content (AvgIpc) is 2.74. The smallest absolute Gasteiger partial charge is 0.191 e. The number of nitrogens with zero attached hydrogens (tertiary/aromatic N) is 3. The van der Waals surface area contributed by atoms with Crippen molar-refractivity contribution < 1.29 is 4.74 Å². The predicted molar refractivity (Wildman–Crippen MR) is 120 cm³/mol. The minimum Gasteiger partial charge on any atom is -0.489 e. The molecule has 1 aliphatic heterocycles. The van der Waals surface area contributed by atoms with Crippen LogP contribution < -0.4 is 20.3 Å². The van der Waals surface area contributed by atoms with Gasteiger partial charge < -0.3 is 20.3 Å². The van der Waals surface area contributed by atoms with Crippen LogP contribution in [0, 0.1) is 13.8 Å². The molecule has 1 saturated heterocycles. The largest absolute Gasteiger partial charge is 0.489 e. The molecule has 6 heteroatoms. The van der Waals surface area contributed by atoms with Crippen LogP contribution in [-0.4, -0.2) is 49.8 Å². The van der Waals surface area contributed by atoms with E-state index in [9.17, 15) is 0 Å². The fraction of sp³-hybridized carbons (Fsp3) is 0.478. The molecule has 0 bridgehead atoms. The van der Waals surface area contributed by atoms with E-state index in [0.29, 0.717) is 12.6 Å². The molecule has 3 rings (SSSR count). The summed E-state index contributed by atoms with van der Waals surface area (Å²) in [5.74, 6) is 2.83. The zero-order valence-electron chi connectivity index (χ0n) is 18.0. The molecule has 29 heavy (non-hydrogen) atoms. The fourth-order valence-electron chi connectivity index (χ4n) is 3.48. The first-order chi connectivity index (χ1) is 14.0. The van der Waals surface area contributed by atoms with Gasteiger partial charge in [0.15, 0.2) is 5.96 Å². The van der Waals surface area contributed by atoms with Crippen LogP contribution in [0.15, 0.2) is 47.6 Å². The standard InChI is InChI=1S/C23H33N5O/c1-17-9-10-22(25-15-17)28-13-11-20(12-14-28)27-23(24-4)26-16-19(3)29-21-8-6-5-7-18(21)2/h5-10,15,19-20H,11-14,16H2,1-4H3,(H2,24,26,27). The first kappa shape index (κ1) is 21.0. The third kappa shape index (κ3) is 6.11. The van der Waals surface area contributed by atoms with E-state index >= 15 is 0 Å². The van der Waals surface area contributed by atoms with E-state index in [1.54, 1.807) is 0 Å². The van der Waals surface area contributed by atoms with Gasteiger partial charge in [-0.3, -0.25) is 4.99 Å². The molecule has 0 spiro atoms. The highest BCUT2D eigenvalue weighted by Crippen LogP contribution is 2.19. The van der Waals surface area contributed by atoms with Crippen LogP contribution >= 0.6 is 0 Å². The van der Waals surface area contributed by atoms with E-state index in [1.807, 2.05) is 31.4 Å². The minimum absolute atomic E-state index is 0.0455. The predicted octanol–water partition coefficient (Wildman–Crippen LogP) is 3.30. The number of benzene rings is 1. The summed E-state index contributed by atoms with van der Waals surface area (Å²) < 4.78 is 6.04. The number of para-hydroxylation sites is 1. The quantitative estimate of drug-likeness (QED) is 0.580. The molecule has 0 amide bonds. The fourth-order valence-corrected chi connectivity index (χ4v) is 3.48. The van der Waals surface area contributed by atoms with Gasteiger partial charge in [-0.1, -0.05) is 24.3 Å². The summed E-state index contributed by atoms with van der Waals surface area (Å²) in [6.45, 7) is 8.89. The highest BCUT2D eigenvalue weighted by atomic mass is 16.5. The van der Waals surface area contributed by atoms with Gasteiger partial charge in [-0.25, -0.2) is 4.98 Å². The number of rotatable bonds is 6. The minimum atomic E-state index is 0.0455. The maximum absolute atomic E-state index is 6.04. The number of anilines is 1. The highest BCUT2D eigenvalue weighted by Gasteiger charge is 2.21. The van der Waals surface area contributed by atoms with Crippen LogP contribution in [0.3, 0.4) is 0 Å². The van der Waals surface area contributed by atoms with Crippen molar-refractivity contribution >= 4 is 11.8 Å². The second-order valence-corrected chi connectivity index (χ2v) is 7.75. The summed E-state index contributed by atoms with van der Waals surface area (Å²) >= 11 is 0. The molecule has 156 valence electrons. The monoisotopic (exact) mass is 395 g/mol. The Balaban J connectivity index is 1.42. The van der Waals surface area contributed by atoms with Gasteiger partial charge in [0.2, 0.25) is 0 Å². The Morgan fingerprint density at radius 1 is 1.21 bits per heavy atom. The Morgan fingerprint density at radius 2 is 1.97 bits per heavy atom. The van der Waals surface area contributed by atoms with E-state index in [1.165, 1.54) is 5.56 Å². The van der Waals surface area contributed by atoms with E-state index in [0.717, 1.165) is 49.0 Å². The Kier molecular flexibility index (Phi) is 7.33. The van der Waals surface area contributed by atoms with Gasteiger partial charge in [0.25, 0.3) is 0 Å². The van der Waals surface area contributed by atoms with E-state index in [2.05, 4.69) is 64.5 Å². The normalized spacial score (nSPS) is 16.4. The number of hydrogen-bond acceptors (Lipinski definition) is 4. The van der Waals surface area contributed by atoms with Crippen LogP contribution in [-0.2, 0) is 0 Å². The van der Waals surface area contributed by atoms with Gasteiger partial charge in [-0.2, -0.15) is 0 Å². The van der Waals surface area contributed by atoms with Gasteiger partial charge in [-0.15, -0.1) is 0 Å². The van der Waals surface area contributed by atoms with Gasteiger partial charge in [0, 0.05) is 32.4 Å². The van der Waals surface area contributed by atoms with Crippen molar-refractivity contribution in [2.75, 3.05) is 31.6 Å². The molecule has 2 N–H and O–H groups in total. The number of pyridine rings is 1. The maximum Gasteiger partial charge on any atom is 0.191 e. The van der Waals surface area contributed by atoms with E-state index in [4.69, 9.17) is 4.74 Å². The van der Waals surface area contributed by atoms with Crippen LogP contribution in [0.25, 0.3) is 0 Å². The van der Waals surface area contributed by atoms with Gasteiger partial charge in [0.1, 0.15) is 17.7 Å². The number of guanidine groups is 1. The second kappa shape index (κ2) is 10.1. The Labute approximate surface area is 174 Å². The third-order valence-corrected chi connectivity index (χ3v) is 5.26. The molecule has 1 aromatic heterocycles. The lowest BCUT2D eigenvalue weighted by Crippen LogP contribution is -2.50. The summed E-state index contributed by atoms with van der Waals surface area (Å²) in [6, 6.07) is 12.7. The summed E-state index contributed by atoms with van der Waals surface area (Å²) in [7, 11) is 1.81. The summed E-state index contributed by atoms with van der Waals surface area (Å²) in [5.41, 5.74) is 2.34. The maximum atomic E-state index is 6.04. The summed E-state index contributed by atoms with van der Waals surface area (Å²) in [4.78, 5) is 11.3. The summed E-state index contributed by atoms with van der Waals surface area (Å²) in [5, 5.41) is 6.95. The lowest BCUT2D eigenvalue weighted by atomic mass is 10.1. The topological polar surface area (TPSA) is 61.8 Å².